The van der Waals surface area contributed by atoms with E-state index < -0.39 is 0 Å². The lowest BCUT2D eigenvalue weighted by Crippen LogP contribution is -2.34. The van der Waals surface area contributed by atoms with Gasteiger partial charge in [0, 0.05) is 6.04 Å². The summed E-state index contributed by atoms with van der Waals surface area (Å²) in [6.07, 6.45) is 9.29. The lowest BCUT2D eigenvalue weighted by Gasteiger charge is -2.28. The van der Waals surface area contributed by atoms with Crippen molar-refractivity contribution in [2.45, 2.75) is 56.9 Å². The average molecular weight is 319 g/mol. The second-order valence-corrected chi connectivity index (χ2v) is 7.68. The predicted molar refractivity (Wildman–Crippen MR) is 101 cm³/mol. The van der Waals surface area contributed by atoms with Crippen LogP contribution in [0.1, 0.15) is 54.7 Å². The second-order valence-electron chi connectivity index (χ2n) is 7.68. The number of piperidine rings is 1. The second kappa shape index (κ2) is 7.53. The minimum atomic E-state index is 0.697. The van der Waals surface area contributed by atoms with Crippen LogP contribution in [0.4, 0.5) is 0 Å². The molecule has 1 N–H and O–H groups in total. The van der Waals surface area contributed by atoms with Gasteiger partial charge in [0.05, 0.1) is 0 Å². The van der Waals surface area contributed by atoms with Crippen molar-refractivity contribution in [2.24, 2.45) is 5.92 Å². The van der Waals surface area contributed by atoms with Gasteiger partial charge in [0.2, 0.25) is 0 Å². The van der Waals surface area contributed by atoms with Crippen LogP contribution in [0.15, 0.2) is 54.6 Å². The first kappa shape index (κ1) is 15.9. The van der Waals surface area contributed by atoms with Crippen LogP contribution in [0.2, 0.25) is 0 Å². The van der Waals surface area contributed by atoms with E-state index in [-0.39, 0.29) is 0 Å². The summed E-state index contributed by atoms with van der Waals surface area (Å²) in [4.78, 5) is 0. The van der Waals surface area contributed by atoms with Crippen molar-refractivity contribution in [3.05, 3.63) is 71.3 Å². The summed E-state index contributed by atoms with van der Waals surface area (Å²) in [5.74, 6) is 1.47. The number of nitrogens with one attached hydrogen (secondary N) is 1. The minimum Gasteiger partial charge on any atom is -0.314 e. The van der Waals surface area contributed by atoms with Crippen molar-refractivity contribution in [1.29, 1.82) is 0 Å². The minimum absolute atomic E-state index is 0.697. The summed E-state index contributed by atoms with van der Waals surface area (Å²) in [6.45, 7) is 1.22. The molecule has 2 aliphatic rings. The Morgan fingerprint density at radius 1 is 0.875 bits per heavy atom. The van der Waals surface area contributed by atoms with E-state index in [0.29, 0.717) is 5.92 Å². The van der Waals surface area contributed by atoms with Gasteiger partial charge in [0.25, 0.3) is 0 Å². The van der Waals surface area contributed by atoms with Crippen molar-refractivity contribution >= 4 is 0 Å². The molecule has 4 rings (SSSR count). The Bertz CT molecular complexity index is 617. The quantitative estimate of drug-likeness (QED) is 0.807. The molecule has 2 aromatic carbocycles. The maximum absolute atomic E-state index is 3.73. The van der Waals surface area contributed by atoms with Crippen LogP contribution in [0.3, 0.4) is 0 Å². The molecule has 1 saturated heterocycles. The fourth-order valence-corrected chi connectivity index (χ4v) is 4.80. The Hall–Kier alpha value is -1.60. The zero-order valence-corrected chi connectivity index (χ0v) is 14.6. The van der Waals surface area contributed by atoms with E-state index >= 15 is 0 Å². The van der Waals surface area contributed by atoms with Gasteiger partial charge in [0.15, 0.2) is 0 Å². The number of hydrogen-bond acceptors (Lipinski definition) is 1. The Labute approximate surface area is 146 Å². The van der Waals surface area contributed by atoms with Gasteiger partial charge >= 0.3 is 0 Å². The fraction of sp³-hybridized carbons (Fsp3) is 0.478. The van der Waals surface area contributed by atoms with Crippen molar-refractivity contribution < 1.29 is 0 Å². The van der Waals surface area contributed by atoms with E-state index in [0.717, 1.165) is 12.0 Å². The van der Waals surface area contributed by atoms with Crippen molar-refractivity contribution in [3.8, 4) is 0 Å². The molecule has 1 heteroatoms. The molecule has 1 unspecified atom stereocenters. The van der Waals surface area contributed by atoms with Gasteiger partial charge in [0.1, 0.15) is 0 Å². The lowest BCUT2D eigenvalue weighted by atomic mass is 9.79. The molecule has 24 heavy (non-hydrogen) atoms. The molecule has 1 aliphatic heterocycles. The maximum Gasteiger partial charge on any atom is 0.00672 e. The van der Waals surface area contributed by atoms with Gasteiger partial charge in [-0.15, -0.1) is 0 Å². The topological polar surface area (TPSA) is 12.0 Å². The van der Waals surface area contributed by atoms with Crippen LogP contribution in [-0.2, 0) is 12.8 Å². The van der Waals surface area contributed by atoms with E-state index in [9.17, 15) is 0 Å². The molecule has 0 spiro atoms. The van der Waals surface area contributed by atoms with Crippen molar-refractivity contribution in [3.63, 3.8) is 0 Å². The standard InChI is InChI=1S/C23H29N/c1-2-8-18(9-3-1)23(14-13-22-12-6-7-15-24-22)21-16-19-10-4-5-11-20(19)17-21/h1-5,8-11,21-24H,6-7,12-17H2/t22-,23?/m0/s1. The highest BCUT2D eigenvalue weighted by Crippen LogP contribution is 2.39. The van der Waals surface area contributed by atoms with E-state index in [1.807, 2.05) is 0 Å². The molecular formula is C23H29N. The van der Waals surface area contributed by atoms with Gasteiger partial charge in [-0.25, -0.2) is 0 Å². The van der Waals surface area contributed by atoms with E-state index in [1.54, 1.807) is 16.7 Å². The summed E-state index contributed by atoms with van der Waals surface area (Å²) in [7, 11) is 0. The highest BCUT2D eigenvalue weighted by molar-refractivity contribution is 5.34. The highest BCUT2D eigenvalue weighted by Gasteiger charge is 2.30. The zero-order valence-electron chi connectivity index (χ0n) is 14.6. The highest BCUT2D eigenvalue weighted by atomic mass is 14.9. The molecule has 1 heterocycles. The normalized spacial score (nSPS) is 22.2. The third-order valence-corrected chi connectivity index (χ3v) is 6.12. The number of rotatable bonds is 5. The number of fused-ring (bicyclic) bond motifs is 1. The van der Waals surface area contributed by atoms with Crippen molar-refractivity contribution in [1.82, 2.24) is 5.32 Å². The van der Waals surface area contributed by atoms with Crippen LogP contribution in [0, 0.1) is 5.92 Å². The van der Waals surface area contributed by atoms with Crippen LogP contribution < -0.4 is 5.32 Å². The van der Waals surface area contributed by atoms with Crippen LogP contribution in [0.5, 0.6) is 0 Å². The first-order chi connectivity index (χ1) is 11.9. The van der Waals surface area contributed by atoms with Gasteiger partial charge in [-0.3, -0.25) is 0 Å². The van der Waals surface area contributed by atoms with Gasteiger partial charge < -0.3 is 5.32 Å². The molecule has 126 valence electrons. The SMILES string of the molecule is c1ccc(C(CC[C@@H]2CCCCN2)C2Cc3ccccc3C2)cc1. The van der Waals surface area contributed by atoms with Gasteiger partial charge in [-0.1, -0.05) is 61.0 Å². The van der Waals surface area contributed by atoms with E-state index in [2.05, 4.69) is 59.9 Å². The molecule has 0 bridgehead atoms. The largest absolute Gasteiger partial charge is 0.314 e. The lowest BCUT2D eigenvalue weighted by molar-refractivity contribution is 0.336. The summed E-state index contributed by atoms with van der Waals surface area (Å²) in [5.41, 5.74) is 4.71. The Morgan fingerprint density at radius 2 is 1.58 bits per heavy atom. The van der Waals surface area contributed by atoms with Crippen LogP contribution in [0.25, 0.3) is 0 Å². The molecule has 1 aliphatic carbocycles. The fourth-order valence-electron chi connectivity index (χ4n) is 4.80. The van der Waals surface area contributed by atoms with E-state index in [1.165, 1.54) is 51.5 Å². The molecule has 2 atom stereocenters. The monoisotopic (exact) mass is 319 g/mol. The van der Waals surface area contributed by atoms with Crippen molar-refractivity contribution in [2.75, 3.05) is 6.54 Å². The van der Waals surface area contributed by atoms with Gasteiger partial charge in [-0.2, -0.15) is 0 Å². The molecule has 0 aromatic heterocycles. The summed E-state index contributed by atoms with van der Waals surface area (Å²) >= 11 is 0. The summed E-state index contributed by atoms with van der Waals surface area (Å²) < 4.78 is 0. The van der Waals surface area contributed by atoms with Crippen LogP contribution >= 0.6 is 0 Å². The first-order valence-corrected chi connectivity index (χ1v) is 9.75. The maximum atomic E-state index is 3.73. The molecule has 0 radical (unpaired) electrons. The number of hydrogen-bond donors (Lipinski definition) is 1. The zero-order chi connectivity index (χ0) is 16.2. The van der Waals surface area contributed by atoms with Gasteiger partial charge in [-0.05, 0) is 73.6 Å². The Kier molecular flexibility index (Phi) is 4.99. The molecule has 0 amide bonds. The molecule has 0 saturated carbocycles. The Balaban J connectivity index is 1.49. The molecule has 1 nitrogen and oxygen atoms in total. The smallest absolute Gasteiger partial charge is 0.00672 e. The molecule has 1 fully saturated rings. The third kappa shape index (κ3) is 3.57. The number of benzene rings is 2. The first-order valence-electron chi connectivity index (χ1n) is 9.75. The Morgan fingerprint density at radius 3 is 2.25 bits per heavy atom. The summed E-state index contributed by atoms with van der Waals surface area (Å²) in [6, 6.07) is 21.1. The third-order valence-electron chi connectivity index (χ3n) is 6.12. The molecule has 2 aromatic rings. The van der Waals surface area contributed by atoms with Crippen LogP contribution in [-0.4, -0.2) is 12.6 Å². The molecular weight excluding hydrogens is 290 g/mol. The predicted octanol–water partition coefficient (Wildman–Crippen LogP) is 5.11. The average Bonchev–Trinajstić information content (AvgIpc) is 3.07. The van der Waals surface area contributed by atoms with E-state index in [4.69, 9.17) is 0 Å². The summed E-state index contributed by atoms with van der Waals surface area (Å²) in [5, 5.41) is 3.73.